The first kappa shape index (κ1) is 20.7. The zero-order valence-corrected chi connectivity index (χ0v) is 16.6. The van der Waals surface area contributed by atoms with Gasteiger partial charge in [0.25, 0.3) is 0 Å². The summed E-state index contributed by atoms with van der Waals surface area (Å²) in [5.74, 6) is 0.207. The number of hydrogen-bond acceptors (Lipinski definition) is 9. The van der Waals surface area contributed by atoms with Gasteiger partial charge in [0.15, 0.2) is 15.7 Å². The van der Waals surface area contributed by atoms with Gasteiger partial charge < -0.3 is 19.2 Å². The third kappa shape index (κ3) is 4.43. The standard InChI is InChI=1S/C19H20FN3O6S/c20-12-1-5-16(6-2-12)30(26,27)11-18-21-19(29-22-18)17-7-13(25)8-23(17)9-14-3-4-15(10-24)28-14/h1-6,13,17,24-25H,7-11H2. The Hall–Kier alpha value is -2.60. The molecule has 1 aromatic carbocycles. The molecule has 1 saturated heterocycles. The Morgan fingerprint density at radius 3 is 2.60 bits per heavy atom. The van der Waals surface area contributed by atoms with Gasteiger partial charge in [-0.2, -0.15) is 4.98 Å². The van der Waals surface area contributed by atoms with Crippen LogP contribution in [0.1, 0.15) is 35.7 Å². The summed E-state index contributed by atoms with van der Waals surface area (Å²) in [5.41, 5.74) is 0. The second-order valence-corrected chi connectivity index (χ2v) is 9.11. The largest absolute Gasteiger partial charge is 0.462 e. The van der Waals surface area contributed by atoms with Crippen LogP contribution in [0.2, 0.25) is 0 Å². The summed E-state index contributed by atoms with van der Waals surface area (Å²) in [5, 5.41) is 23.0. The van der Waals surface area contributed by atoms with E-state index in [1.54, 1.807) is 12.1 Å². The lowest BCUT2D eigenvalue weighted by Gasteiger charge is -2.19. The molecule has 0 amide bonds. The minimum Gasteiger partial charge on any atom is -0.462 e. The Morgan fingerprint density at radius 1 is 1.17 bits per heavy atom. The maximum absolute atomic E-state index is 13.0. The van der Waals surface area contributed by atoms with Crippen LogP contribution in [0.4, 0.5) is 4.39 Å². The second kappa shape index (κ2) is 8.26. The van der Waals surface area contributed by atoms with Crippen LogP contribution < -0.4 is 0 Å². The van der Waals surface area contributed by atoms with Gasteiger partial charge in [0.05, 0.1) is 23.6 Å². The fourth-order valence-corrected chi connectivity index (χ4v) is 4.63. The molecule has 2 aromatic heterocycles. The first-order chi connectivity index (χ1) is 14.3. The molecule has 2 atom stereocenters. The molecular formula is C19H20FN3O6S. The lowest BCUT2D eigenvalue weighted by Crippen LogP contribution is -2.24. The molecule has 30 heavy (non-hydrogen) atoms. The first-order valence-electron chi connectivity index (χ1n) is 9.25. The molecule has 11 heteroatoms. The van der Waals surface area contributed by atoms with Gasteiger partial charge in [-0.05, 0) is 42.8 Å². The van der Waals surface area contributed by atoms with Crippen molar-refractivity contribution in [3.8, 4) is 0 Å². The molecule has 1 fully saturated rings. The van der Waals surface area contributed by atoms with Gasteiger partial charge in [0.1, 0.15) is 29.7 Å². The third-order valence-corrected chi connectivity index (χ3v) is 6.50. The summed E-state index contributed by atoms with van der Waals surface area (Å²) in [6.07, 6.45) is -0.263. The van der Waals surface area contributed by atoms with Gasteiger partial charge in [-0.1, -0.05) is 5.16 Å². The number of nitrogens with zero attached hydrogens (tertiary/aromatic N) is 3. The maximum atomic E-state index is 13.0. The maximum Gasteiger partial charge on any atom is 0.244 e. The molecule has 0 aliphatic carbocycles. The molecule has 1 aliphatic rings. The fraction of sp³-hybridized carbons (Fsp3) is 0.368. The number of sulfone groups is 1. The van der Waals surface area contributed by atoms with Crippen molar-refractivity contribution >= 4 is 9.84 Å². The van der Waals surface area contributed by atoms with Gasteiger partial charge in [0.2, 0.25) is 5.89 Å². The molecule has 9 nitrogen and oxygen atoms in total. The highest BCUT2D eigenvalue weighted by atomic mass is 32.2. The molecular weight excluding hydrogens is 417 g/mol. The van der Waals surface area contributed by atoms with Crippen LogP contribution in [0.5, 0.6) is 0 Å². The highest BCUT2D eigenvalue weighted by Crippen LogP contribution is 2.33. The lowest BCUT2D eigenvalue weighted by molar-refractivity contribution is 0.160. The Labute approximate surface area is 171 Å². The molecule has 0 spiro atoms. The average Bonchev–Trinajstić information content (AvgIpc) is 3.42. The molecule has 0 bridgehead atoms. The first-order valence-corrected chi connectivity index (χ1v) is 10.9. The number of hydrogen-bond donors (Lipinski definition) is 2. The summed E-state index contributed by atoms with van der Waals surface area (Å²) < 4.78 is 48.8. The zero-order valence-electron chi connectivity index (χ0n) is 15.8. The van der Waals surface area contributed by atoms with Crippen molar-refractivity contribution in [2.45, 2.75) is 42.4 Å². The number of likely N-dealkylation sites (tertiary alicyclic amines) is 1. The molecule has 2 N–H and O–H groups in total. The van der Waals surface area contributed by atoms with Crippen LogP contribution in [0.3, 0.4) is 0 Å². The summed E-state index contributed by atoms with van der Waals surface area (Å²) in [4.78, 5) is 6.06. The summed E-state index contributed by atoms with van der Waals surface area (Å²) >= 11 is 0. The van der Waals surface area contributed by atoms with E-state index in [1.165, 1.54) is 12.1 Å². The van der Waals surface area contributed by atoms with Crippen LogP contribution in [0, 0.1) is 5.82 Å². The van der Waals surface area contributed by atoms with Gasteiger partial charge in [-0.25, -0.2) is 12.8 Å². The molecule has 3 heterocycles. The van der Waals surface area contributed by atoms with E-state index in [-0.39, 0.29) is 23.2 Å². The van der Waals surface area contributed by atoms with Gasteiger partial charge >= 0.3 is 0 Å². The van der Waals surface area contributed by atoms with Crippen LogP contribution in [0.15, 0.2) is 50.2 Å². The van der Waals surface area contributed by atoms with E-state index in [0.717, 1.165) is 12.1 Å². The van der Waals surface area contributed by atoms with Crippen LogP contribution in [-0.2, 0) is 28.7 Å². The Morgan fingerprint density at radius 2 is 1.90 bits per heavy atom. The van der Waals surface area contributed by atoms with E-state index in [0.29, 0.717) is 31.0 Å². The van der Waals surface area contributed by atoms with Crippen molar-refractivity contribution in [3.63, 3.8) is 0 Å². The number of halogens is 1. The quantitative estimate of drug-likeness (QED) is 0.529. The minimum absolute atomic E-state index is 0.0174. The van der Waals surface area contributed by atoms with Gasteiger partial charge in [-0.15, -0.1) is 0 Å². The topological polar surface area (TPSA) is 130 Å². The predicted molar refractivity (Wildman–Crippen MR) is 100.0 cm³/mol. The number of aliphatic hydroxyl groups excluding tert-OH is 2. The number of aliphatic hydroxyl groups is 2. The zero-order chi connectivity index (χ0) is 21.3. The Bertz CT molecular complexity index is 1110. The molecule has 4 rings (SSSR count). The van der Waals surface area contributed by atoms with E-state index in [4.69, 9.17) is 14.0 Å². The highest BCUT2D eigenvalue weighted by Gasteiger charge is 2.36. The Kier molecular flexibility index (Phi) is 5.69. The van der Waals surface area contributed by atoms with Crippen LogP contribution >= 0.6 is 0 Å². The van der Waals surface area contributed by atoms with Crippen LogP contribution in [-0.4, -0.2) is 46.3 Å². The molecule has 1 aliphatic heterocycles. The van der Waals surface area contributed by atoms with E-state index < -0.39 is 33.6 Å². The molecule has 160 valence electrons. The average molecular weight is 437 g/mol. The third-order valence-electron chi connectivity index (χ3n) is 4.87. The SMILES string of the molecule is O=S(=O)(Cc1noc(C2CC(O)CN2Cc2ccc(CO)o2)n1)c1ccc(F)cc1. The fourth-order valence-electron chi connectivity index (χ4n) is 3.46. The van der Waals surface area contributed by atoms with E-state index in [9.17, 15) is 17.9 Å². The second-order valence-electron chi connectivity index (χ2n) is 7.12. The summed E-state index contributed by atoms with van der Waals surface area (Å²) in [6.45, 7) is 0.500. The van der Waals surface area contributed by atoms with Crippen molar-refractivity contribution in [1.82, 2.24) is 15.0 Å². The smallest absolute Gasteiger partial charge is 0.244 e. The number of aromatic nitrogens is 2. The molecule has 0 saturated carbocycles. The summed E-state index contributed by atoms with van der Waals surface area (Å²) in [7, 11) is -3.77. The normalized spacial score (nSPS) is 20.1. The van der Waals surface area contributed by atoms with Crippen molar-refractivity contribution < 1.29 is 32.0 Å². The van der Waals surface area contributed by atoms with Crippen molar-refractivity contribution in [2.24, 2.45) is 0 Å². The molecule has 3 aromatic rings. The van der Waals surface area contributed by atoms with Crippen LogP contribution in [0.25, 0.3) is 0 Å². The van der Waals surface area contributed by atoms with E-state index in [2.05, 4.69) is 10.1 Å². The van der Waals surface area contributed by atoms with Gasteiger partial charge in [-0.3, -0.25) is 4.90 Å². The Balaban J connectivity index is 1.49. The van der Waals surface area contributed by atoms with Crippen molar-refractivity contribution in [3.05, 3.63) is 65.5 Å². The molecule has 0 radical (unpaired) electrons. The summed E-state index contributed by atoms with van der Waals surface area (Å²) in [6, 6.07) is 7.52. The van der Waals surface area contributed by atoms with Crippen molar-refractivity contribution in [1.29, 1.82) is 0 Å². The minimum atomic E-state index is -3.77. The van der Waals surface area contributed by atoms with Gasteiger partial charge in [0, 0.05) is 6.54 Å². The number of furan rings is 1. The number of rotatable bonds is 7. The number of β-amino-alcohol motifs (C(OH)–C–C–N with tert-alkyl or cyclic N) is 1. The van der Waals surface area contributed by atoms with Crippen molar-refractivity contribution in [2.75, 3.05) is 6.54 Å². The monoisotopic (exact) mass is 437 g/mol. The highest BCUT2D eigenvalue weighted by molar-refractivity contribution is 7.90. The molecule has 2 unspecified atom stereocenters. The van der Waals surface area contributed by atoms with E-state index >= 15 is 0 Å². The predicted octanol–water partition coefficient (Wildman–Crippen LogP) is 1.58. The van der Waals surface area contributed by atoms with E-state index in [1.807, 2.05) is 4.90 Å². The number of benzene rings is 1. The lowest BCUT2D eigenvalue weighted by atomic mass is 10.2.